The van der Waals surface area contributed by atoms with E-state index in [0.717, 1.165) is 0 Å². The first-order chi connectivity index (χ1) is 11.9. The molecule has 26 heavy (non-hydrogen) atoms. The number of alkyl halides is 3. The third-order valence-corrected chi connectivity index (χ3v) is 4.88. The van der Waals surface area contributed by atoms with Crippen molar-refractivity contribution in [2.45, 2.75) is 45.8 Å². The molecule has 0 spiro atoms. The van der Waals surface area contributed by atoms with Gasteiger partial charge >= 0.3 is 12.1 Å². The summed E-state index contributed by atoms with van der Waals surface area (Å²) in [5.41, 5.74) is 0.0341. The Labute approximate surface area is 149 Å². The smallest absolute Gasteiger partial charge is 0.394 e. The van der Waals surface area contributed by atoms with E-state index in [0.29, 0.717) is 16.9 Å². The van der Waals surface area contributed by atoms with Crippen molar-refractivity contribution in [2.24, 2.45) is 5.92 Å². The number of hydrogen-bond acceptors (Lipinski definition) is 3. The first-order valence-electron chi connectivity index (χ1n) is 8.20. The van der Waals surface area contributed by atoms with Gasteiger partial charge < -0.3 is 14.7 Å². The second kappa shape index (κ2) is 6.81. The molecule has 0 radical (unpaired) electrons. The Hall–Kier alpha value is -2.25. The molecule has 1 amide bonds. The Balaban J connectivity index is 2.29. The zero-order valence-electron chi connectivity index (χ0n) is 15.1. The molecule has 0 aromatic heterocycles. The highest BCUT2D eigenvalue weighted by atomic mass is 19.4. The minimum atomic E-state index is -4.36. The summed E-state index contributed by atoms with van der Waals surface area (Å²) < 4.78 is 44.9. The van der Waals surface area contributed by atoms with E-state index in [2.05, 4.69) is 0 Å². The summed E-state index contributed by atoms with van der Waals surface area (Å²) >= 11 is 0. The van der Waals surface area contributed by atoms with Crippen LogP contribution in [0.1, 0.15) is 41.8 Å². The number of hydrogen-bond donors (Lipinski definition) is 1. The van der Waals surface area contributed by atoms with E-state index in [-0.39, 0.29) is 18.5 Å². The van der Waals surface area contributed by atoms with Gasteiger partial charge in [-0.05, 0) is 57.4 Å². The predicted molar refractivity (Wildman–Crippen MR) is 88.3 cm³/mol. The van der Waals surface area contributed by atoms with E-state index >= 15 is 0 Å². The Morgan fingerprint density at radius 3 is 2.23 bits per heavy atom. The lowest BCUT2D eigenvalue weighted by molar-refractivity contribution is -0.189. The molecule has 1 unspecified atom stereocenters. The molecule has 1 aromatic carbocycles. The van der Waals surface area contributed by atoms with Gasteiger partial charge in [-0.2, -0.15) is 13.2 Å². The van der Waals surface area contributed by atoms with E-state index < -0.39 is 36.1 Å². The lowest BCUT2D eigenvalue weighted by Gasteiger charge is -2.37. The summed E-state index contributed by atoms with van der Waals surface area (Å²) in [5, 5.41) is 8.71. The monoisotopic (exact) mass is 373 g/mol. The summed E-state index contributed by atoms with van der Waals surface area (Å²) in [6.45, 7) is 5.70. The molecule has 5 nitrogen and oxygen atoms in total. The molecule has 8 heteroatoms. The SMILES string of the molecule is Cc1cc(C(=O)N2CCC(C(F)(F)F)C2(C)C)cc(C)c1OCC(=O)O. The topological polar surface area (TPSA) is 66.8 Å². The zero-order valence-corrected chi connectivity index (χ0v) is 15.1. The van der Waals surface area contributed by atoms with Gasteiger partial charge in [-0.15, -0.1) is 0 Å². The van der Waals surface area contributed by atoms with Gasteiger partial charge in [-0.3, -0.25) is 4.79 Å². The molecule has 144 valence electrons. The van der Waals surface area contributed by atoms with Crippen LogP contribution in [0.5, 0.6) is 5.75 Å². The third-order valence-electron chi connectivity index (χ3n) is 4.88. The number of carbonyl (C=O) groups excluding carboxylic acids is 1. The summed E-state index contributed by atoms with van der Waals surface area (Å²) in [4.78, 5) is 24.8. The highest BCUT2D eigenvalue weighted by Gasteiger charge is 2.56. The fourth-order valence-corrected chi connectivity index (χ4v) is 3.61. The van der Waals surface area contributed by atoms with Crippen molar-refractivity contribution < 1.29 is 32.6 Å². The number of carboxylic acid groups (broad SMARTS) is 1. The number of halogens is 3. The first kappa shape index (κ1) is 20.1. The molecule has 1 N–H and O–H groups in total. The normalized spacial score (nSPS) is 19.5. The van der Waals surface area contributed by atoms with Crippen molar-refractivity contribution in [3.05, 3.63) is 28.8 Å². The molecule has 1 aromatic rings. The number of likely N-dealkylation sites (tertiary alicyclic amines) is 1. The second-order valence-electron chi connectivity index (χ2n) is 7.11. The number of carbonyl (C=O) groups is 2. The number of rotatable bonds is 4. The summed E-state index contributed by atoms with van der Waals surface area (Å²) in [5.74, 6) is -2.81. The van der Waals surface area contributed by atoms with Crippen molar-refractivity contribution in [3.63, 3.8) is 0 Å². The van der Waals surface area contributed by atoms with Crippen LogP contribution in [0.4, 0.5) is 13.2 Å². The number of aryl methyl sites for hydroxylation is 2. The highest BCUT2D eigenvalue weighted by Crippen LogP contribution is 2.45. The van der Waals surface area contributed by atoms with Crippen molar-refractivity contribution >= 4 is 11.9 Å². The lowest BCUT2D eigenvalue weighted by atomic mass is 9.87. The van der Waals surface area contributed by atoms with Gasteiger partial charge in [0.25, 0.3) is 5.91 Å². The molecule has 2 rings (SSSR count). The number of aliphatic carboxylic acids is 1. The third kappa shape index (κ3) is 3.78. The van der Waals surface area contributed by atoms with Crippen LogP contribution in [0.15, 0.2) is 12.1 Å². The van der Waals surface area contributed by atoms with Gasteiger partial charge in [0.2, 0.25) is 0 Å². The Morgan fingerprint density at radius 2 is 1.81 bits per heavy atom. The summed E-state index contributed by atoms with van der Waals surface area (Å²) in [6.07, 6.45) is -4.49. The molecule has 0 saturated carbocycles. The molecule has 1 atom stereocenters. The average molecular weight is 373 g/mol. The van der Waals surface area contributed by atoms with Gasteiger partial charge in [-0.25, -0.2) is 4.79 Å². The highest BCUT2D eigenvalue weighted by molar-refractivity contribution is 5.95. The summed E-state index contributed by atoms with van der Waals surface area (Å²) in [7, 11) is 0. The van der Waals surface area contributed by atoms with Crippen LogP contribution < -0.4 is 4.74 Å². The number of nitrogens with zero attached hydrogens (tertiary/aromatic N) is 1. The Bertz CT molecular complexity index is 705. The molecule has 0 bridgehead atoms. The molecule has 0 aliphatic carbocycles. The van der Waals surface area contributed by atoms with E-state index in [1.807, 2.05) is 0 Å². The van der Waals surface area contributed by atoms with Crippen LogP contribution in [-0.4, -0.2) is 46.7 Å². The number of carboxylic acids is 1. The maximum atomic E-state index is 13.2. The van der Waals surface area contributed by atoms with E-state index in [9.17, 15) is 22.8 Å². The van der Waals surface area contributed by atoms with Gasteiger partial charge in [0, 0.05) is 17.6 Å². The number of ether oxygens (including phenoxy) is 1. The van der Waals surface area contributed by atoms with Gasteiger partial charge in [0.05, 0.1) is 5.92 Å². The average Bonchev–Trinajstić information content (AvgIpc) is 2.80. The minimum absolute atomic E-state index is 0.0331. The van der Waals surface area contributed by atoms with Crippen molar-refractivity contribution in [1.29, 1.82) is 0 Å². The largest absolute Gasteiger partial charge is 0.481 e. The van der Waals surface area contributed by atoms with E-state index in [4.69, 9.17) is 9.84 Å². The lowest BCUT2D eigenvalue weighted by Crippen LogP contribution is -2.49. The van der Waals surface area contributed by atoms with E-state index in [1.54, 1.807) is 13.8 Å². The maximum Gasteiger partial charge on any atom is 0.394 e. The van der Waals surface area contributed by atoms with Crippen molar-refractivity contribution in [3.8, 4) is 5.75 Å². The molecule has 1 aliphatic rings. The van der Waals surface area contributed by atoms with Gasteiger partial charge in [-0.1, -0.05) is 0 Å². The summed E-state index contributed by atoms with van der Waals surface area (Å²) in [6, 6.07) is 3.03. The molecular weight excluding hydrogens is 351 g/mol. The minimum Gasteiger partial charge on any atom is -0.481 e. The quantitative estimate of drug-likeness (QED) is 0.876. The van der Waals surface area contributed by atoms with Gasteiger partial charge in [0.1, 0.15) is 5.75 Å². The van der Waals surface area contributed by atoms with Crippen LogP contribution in [0, 0.1) is 19.8 Å². The second-order valence-corrected chi connectivity index (χ2v) is 7.11. The van der Waals surface area contributed by atoms with Crippen molar-refractivity contribution in [1.82, 2.24) is 4.90 Å². The zero-order chi connectivity index (χ0) is 19.9. The van der Waals surface area contributed by atoms with Crippen LogP contribution in [-0.2, 0) is 4.79 Å². The first-order valence-corrected chi connectivity index (χ1v) is 8.20. The number of amides is 1. The molecule has 1 heterocycles. The molecule has 1 aliphatic heterocycles. The van der Waals surface area contributed by atoms with Gasteiger partial charge in [0.15, 0.2) is 6.61 Å². The fourth-order valence-electron chi connectivity index (χ4n) is 3.61. The van der Waals surface area contributed by atoms with Crippen LogP contribution in [0.3, 0.4) is 0 Å². The maximum absolute atomic E-state index is 13.2. The fraction of sp³-hybridized carbons (Fsp3) is 0.556. The molecule has 1 fully saturated rings. The van der Waals surface area contributed by atoms with Crippen LogP contribution >= 0.6 is 0 Å². The van der Waals surface area contributed by atoms with E-state index in [1.165, 1.54) is 30.9 Å². The predicted octanol–water partition coefficient (Wildman–Crippen LogP) is 3.57. The Kier molecular flexibility index (Phi) is 5.26. The Morgan fingerprint density at radius 1 is 1.27 bits per heavy atom. The molecular formula is C18H22F3NO4. The number of benzene rings is 1. The van der Waals surface area contributed by atoms with Crippen molar-refractivity contribution in [2.75, 3.05) is 13.2 Å². The standard InChI is InChI=1S/C18H22F3NO4/c1-10-7-12(8-11(2)15(10)26-9-14(23)24)16(25)22-6-5-13(17(22,3)4)18(19,20)21/h7-8,13H,5-6,9H2,1-4H3,(H,23,24). The van der Waals surface area contributed by atoms with Crippen LogP contribution in [0.25, 0.3) is 0 Å². The van der Waals surface area contributed by atoms with Crippen LogP contribution in [0.2, 0.25) is 0 Å². The molecule has 1 saturated heterocycles.